The van der Waals surface area contributed by atoms with Gasteiger partial charge in [-0.15, -0.1) is 0 Å². The van der Waals surface area contributed by atoms with Crippen LogP contribution in [0.25, 0.3) is 0 Å². The van der Waals surface area contributed by atoms with Gasteiger partial charge in [-0.3, -0.25) is 14.8 Å². The van der Waals surface area contributed by atoms with Crippen molar-refractivity contribution in [2.45, 2.75) is 71.3 Å². The van der Waals surface area contributed by atoms with Crippen molar-refractivity contribution < 1.29 is 9.21 Å². The second-order valence-corrected chi connectivity index (χ2v) is 9.92. The van der Waals surface area contributed by atoms with Crippen LogP contribution in [0.1, 0.15) is 84.9 Å². The SMILES string of the molecule is Cc1cnc(CNC(=O)c2ccc(Cc3ccc4c(c3)C(C)(C)CCC4(C)C)o2)cn1. The van der Waals surface area contributed by atoms with E-state index in [4.69, 9.17) is 4.42 Å². The predicted octanol–water partition coefficient (Wildman–Crippen LogP) is 5.25. The third-order valence-corrected chi connectivity index (χ3v) is 6.45. The first-order chi connectivity index (χ1) is 14.6. The van der Waals surface area contributed by atoms with E-state index in [0.717, 1.165) is 11.5 Å². The lowest BCUT2D eigenvalue weighted by Gasteiger charge is -2.42. The summed E-state index contributed by atoms with van der Waals surface area (Å²) in [6.07, 6.45) is 6.42. The van der Waals surface area contributed by atoms with Gasteiger partial charge in [0.05, 0.1) is 24.1 Å². The maximum atomic E-state index is 12.4. The van der Waals surface area contributed by atoms with Gasteiger partial charge in [0.25, 0.3) is 5.91 Å². The number of aryl methyl sites for hydroxylation is 1. The number of aromatic nitrogens is 2. The maximum absolute atomic E-state index is 12.4. The van der Waals surface area contributed by atoms with Gasteiger partial charge < -0.3 is 9.73 Å². The third kappa shape index (κ3) is 4.55. The summed E-state index contributed by atoms with van der Waals surface area (Å²) < 4.78 is 5.85. The number of nitrogens with zero attached hydrogens (tertiary/aromatic N) is 2. The molecule has 31 heavy (non-hydrogen) atoms. The minimum atomic E-state index is -0.248. The molecular weight excluding hydrogens is 386 g/mol. The Morgan fingerprint density at radius 3 is 2.45 bits per heavy atom. The van der Waals surface area contributed by atoms with Crippen molar-refractivity contribution in [3.05, 3.63) is 82.3 Å². The first-order valence-corrected chi connectivity index (χ1v) is 10.9. The van der Waals surface area contributed by atoms with E-state index in [1.165, 1.54) is 29.5 Å². The molecule has 5 heteroatoms. The molecule has 1 aliphatic carbocycles. The fourth-order valence-electron chi connectivity index (χ4n) is 4.31. The zero-order chi connectivity index (χ0) is 22.2. The van der Waals surface area contributed by atoms with Crippen LogP contribution in [0.3, 0.4) is 0 Å². The van der Waals surface area contributed by atoms with E-state index in [9.17, 15) is 4.79 Å². The Morgan fingerprint density at radius 1 is 1.00 bits per heavy atom. The molecule has 1 aliphatic rings. The lowest BCUT2D eigenvalue weighted by atomic mass is 9.63. The van der Waals surface area contributed by atoms with Crippen LogP contribution in [0.15, 0.2) is 47.1 Å². The van der Waals surface area contributed by atoms with Gasteiger partial charge in [0, 0.05) is 12.6 Å². The van der Waals surface area contributed by atoms with E-state index in [1.807, 2.05) is 13.0 Å². The summed E-state index contributed by atoms with van der Waals surface area (Å²) in [5.41, 5.74) is 6.04. The smallest absolute Gasteiger partial charge is 0.287 e. The highest BCUT2D eigenvalue weighted by Gasteiger charge is 2.36. The molecule has 1 N–H and O–H groups in total. The molecule has 0 unspecified atom stereocenters. The molecular formula is C26H31N3O2. The highest BCUT2D eigenvalue weighted by molar-refractivity contribution is 5.91. The second-order valence-electron chi connectivity index (χ2n) is 9.92. The Hall–Kier alpha value is -2.95. The average Bonchev–Trinajstić information content (AvgIpc) is 3.19. The number of hydrogen-bond donors (Lipinski definition) is 1. The summed E-state index contributed by atoms with van der Waals surface area (Å²) in [6.45, 7) is 11.5. The third-order valence-electron chi connectivity index (χ3n) is 6.45. The zero-order valence-electron chi connectivity index (χ0n) is 19.1. The van der Waals surface area contributed by atoms with Gasteiger partial charge in [0.2, 0.25) is 0 Å². The number of nitrogens with one attached hydrogen (secondary N) is 1. The largest absolute Gasteiger partial charge is 0.456 e. The van der Waals surface area contributed by atoms with Crippen LogP contribution < -0.4 is 5.32 Å². The first kappa shape index (κ1) is 21.3. The fraction of sp³-hybridized carbons (Fsp3) is 0.423. The van der Waals surface area contributed by atoms with Crippen molar-refractivity contribution in [3.8, 4) is 0 Å². The number of carbonyl (C=O) groups excluding carboxylic acids is 1. The number of carbonyl (C=O) groups is 1. The van der Waals surface area contributed by atoms with E-state index < -0.39 is 0 Å². The Labute approximate surface area is 184 Å². The van der Waals surface area contributed by atoms with Crippen LogP contribution >= 0.6 is 0 Å². The van der Waals surface area contributed by atoms with Crippen LogP contribution in [0.4, 0.5) is 0 Å². The normalized spacial score (nSPS) is 16.5. The molecule has 0 bridgehead atoms. The van der Waals surface area contributed by atoms with Crippen LogP contribution in [0.5, 0.6) is 0 Å². The van der Waals surface area contributed by atoms with Gasteiger partial charge in [0.1, 0.15) is 5.76 Å². The predicted molar refractivity (Wildman–Crippen MR) is 121 cm³/mol. The fourth-order valence-corrected chi connectivity index (χ4v) is 4.31. The molecule has 2 aromatic heterocycles. The van der Waals surface area contributed by atoms with E-state index >= 15 is 0 Å². The van der Waals surface area contributed by atoms with Crippen molar-refractivity contribution in [3.63, 3.8) is 0 Å². The average molecular weight is 418 g/mol. The first-order valence-electron chi connectivity index (χ1n) is 10.9. The Morgan fingerprint density at radius 2 is 1.74 bits per heavy atom. The van der Waals surface area contributed by atoms with Crippen LogP contribution in [-0.2, 0) is 23.8 Å². The van der Waals surface area contributed by atoms with E-state index in [-0.39, 0.29) is 16.7 Å². The lowest BCUT2D eigenvalue weighted by molar-refractivity contribution is 0.0921. The quantitative estimate of drug-likeness (QED) is 0.616. The Bertz CT molecular complexity index is 1090. The van der Waals surface area contributed by atoms with Crippen molar-refractivity contribution in [1.82, 2.24) is 15.3 Å². The van der Waals surface area contributed by atoms with Gasteiger partial charge in [-0.2, -0.15) is 0 Å². The highest BCUT2D eigenvalue weighted by atomic mass is 16.3. The summed E-state index contributed by atoms with van der Waals surface area (Å²) in [6, 6.07) is 10.4. The molecule has 3 aromatic rings. The minimum Gasteiger partial charge on any atom is -0.456 e. The number of fused-ring (bicyclic) bond motifs is 1. The Balaban J connectivity index is 1.45. The molecule has 0 aliphatic heterocycles. The van der Waals surface area contributed by atoms with E-state index in [0.29, 0.717) is 24.4 Å². The summed E-state index contributed by atoms with van der Waals surface area (Å²) >= 11 is 0. The van der Waals surface area contributed by atoms with Crippen molar-refractivity contribution in [2.75, 3.05) is 0 Å². The summed E-state index contributed by atoms with van der Waals surface area (Å²) in [4.78, 5) is 20.9. The molecule has 5 nitrogen and oxygen atoms in total. The second kappa shape index (κ2) is 7.95. The molecule has 2 heterocycles. The molecule has 1 aromatic carbocycles. The monoisotopic (exact) mass is 417 g/mol. The van der Waals surface area contributed by atoms with E-state index in [1.54, 1.807) is 18.5 Å². The molecule has 162 valence electrons. The molecule has 0 fully saturated rings. The molecule has 4 rings (SSSR count). The van der Waals surface area contributed by atoms with Crippen molar-refractivity contribution in [1.29, 1.82) is 0 Å². The van der Waals surface area contributed by atoms with Crippen molar-refractivity contribution in [2.24, 2.45) is 0 Å². The number of amides is 1. The summed E-state index contributed by atoms with van der Waals surface area (Å²) in [5, 5.41) is 2.84. The number of furan rings is 1. The molecule has 0 saturated carbocycles. The molecule has 0 saturated heterocycles. The van der Waals surface area contributed by atoms with Gasteiger partial charge in [-0.25, -0.2) is 0 Å². The highest BCUT2D eigenvalue weighted by Crippen LogP contribution is 2.46. The Kier molecular flexibility index (Phi) is 5.46. The topological polar surface area (TPSA) is 68.0 Å². The minimum absolute atomic E-state index is 0.175. The van der Waals surface area contributed by atoms with Gasteiger partial charge in [-0.1, -0.05) is 45.9 Å². The number of rotatable bonds is 5. The molecule has 1 amide bonds. The maximum Gasteiger partial charge on any atom is 0.287 e. The lowest BCUT2D eigenvalue weighted by Crippen LogP contribution is -2.33. The molecule has 0 radical (unpaired) electrons. The van der Waals surface area contributed by atoms with E-state index in [2.05, 4.69) is 61.2 Å². The molecule has 0 spiro atoms. The van der Waals surface area contributed by atoms with Crippen LogP contribution in [0, 0.1) is 6.92 Å². The summed E-state index contributed by atoms with van der Waals surface area (Å²) in [5.74, 6) is 0.851. The van der Waals surface area contributed by atoms with Gasteiger partial charge in [-0.05, 0) is 59.4 Å². The van der Waals surface area contributed by atoms with Crippen molar-refractivity contribution >= 4 is 5.91 Å². The number of benzene rings is 1. The van der Waals surface area contributed by atoms with Gasteiger partial charge >= 0.3 is 0 Å². The van der Waals surface area contributed by atoms with Crippen LogP contribution in [0.2, 0.25) is 0 Å². The molecule has 0 atom stereocenters. The van der Waals surface area contributed by atoms with Gasteiger partial charge in [0.15, 0.2) is 5.76 Å². The number of hydrogen-bond acceptors (Lipinski definition) is 4. The standard InChI is InChI=1S/C26H31N3O2/c1-17-14-28-19(15-27-17)16-29-24(30)23-9-7-20(31-23)12-18-6-8-21-22(13-18)26(4,5)11-10-25(21,2)3/h6-9,13-15H,10-12,16H2,1-5H3,(H,29,30). The summed E-state index contributed by atoms with van der Waals surface area (Å²) in [7, 11) is 0. The zero-order valence-corrected chi connectivity index (χ0v) is 19.1. The van der Waals surface area contributed by atoms with Crippen LogP contribution in [-0.4, -0.2) is 15.9 Å².